The Kier molecular flexibility index (Phi) is 3.54. The fourth-order valence-electron chi connectivity index (χ4n) is 1.98. The van der Waals surface area contributed by atoms with E-state index in [9.17, 15) is 4.79 Å². The van der Waals surface area contributed by atoms with E-state index in [-0.39, 0.29) is 12.1 Å². The molecule has 1 atom stereocenters. The maximum absolute atomic E-state index is 11.9. The Balaban J connectivity index is 2.02. The quantitative estimate of drug-likeness (QED) is 0.858. The minimum Gasteiger partial charge on any atom is -0.444 e. The molecule has 1 aromatic rings. The summed E-state index contributed by atoms with van der Waals surface area (Å²) in [7, 11) is 0. The normalized spacial score (nSPS) is 16.4. The molecule has 0 radical (unpaired) electrons. The van der Waals surface area contributed by atoms with Crippen LogP contribution in [0, 0.1) is 0 Å². The molecule has 1 aliphatic heterocycles. The first kappa shape index (κ1) is 13.9. The maximum Gasteiger partial charge on any atom is 0.410 e. The lowest BCUT2D eigenvalue weighted by Crippen LogP contribution is -2.33. The number of fused-ring (bicyclic) bond motifs is 1. The fourth-order valence-corrected chi connectivity index (χ4v) is 1.98. The minimum atomic E-state index is -0.476. The topological polar surface area (TPSA) is 84.2 Å². The van der Waals surface area contributed by atoms with Crippen molar-refractivity contribution in [3.05, 3.63) is 17.2 Å². The summed E-state index contributed by atoms with van der Waals surface area (Å²) in [4.78, 5) is 21.2. The van der Waals surface area contributed by atoms with Crippen molar-refractivity contribution < 1.29 is 9.53 Å². The molecular formula is C13H22N4O2. The number of nitrogens with zero attached hydrogens (tertiary/aromatic N) is 2. The first-order valence-corrected chi connectivity index (χ1v) is 6.61. The van der Waals surface area contributed by atoms with Crippen LogP contribution in [0.1, 0.15) is 57.4 Å². The fraction of sp³-hybridized carbons (Fsp3) is 0.692. The molecule has 0 aromatic carbocycles. The van der Waals surface area contributed by atoms with Gasteiger partial charge in [0.15, 0.2) is 0 Å². The Labute approximate surface area is 113 Å². The van der Waals surface area contributed by atoms with Crippen LogP contribution in [-0.4, -0.2) is 26.6 Å². The Bertz CT molecular complexity index is 452. The van der Waals surface area contributed by atoms with Gasteiger partial charge in [-0.2, -0.15) is 0 Å². The summed E-state index contributed by atoms with van der Waals surface area (Å²) in [6, 6.07) is -0.0689. The van der Waals surface area contributed by atoms with Crippen molar-refractivity contribution in [1.29, 1.82) is 0 Å². The van der Waals surface area contributed by atoms with Crippen LogP contribution in [0.2, 0.25) is 0 Å². The molecule has 0 saturated carbocycles. The number of ether oxygens (including phenoxy) is 1. The number of amides is 1. The van der Waals surface area contributed by atoms with Gasteiger partial charge in [-0.15, -0.1) is 0 Å². The second-order valence-corrected chi connectivity index (χ2v) is 5.90. The van der Waals surface area contributed by atoms with Gasteiger partial charge in [0.1, 0.15) is 11.4 Å². The predicted molar refractivity (Wildman–Crippen MR) is 71.3 cm³/mol. The number of carbonyl (C=O) groups is 1. The third-order valence-corrected chi connectivity index (χ3v) is 3.02. The SMILES string of the molecule is CCC(N)c1nc2c([nH]1)CN(C(=O)OC(C)(C)C)C2. The third kappa shape index (κ3) is 3.07. The number of imidazole rings is 1. The lowest BCUT2D eigenvalue weighted by molar-refractivity contribution is 0.0238. The van der Waals surface area contributed by atoms with Crippen LogP contribution >= 0.6 is 0 Å². The summed E-state index contributed by atoms with van der Waals surface area (Å²) >= 11 is 0. The van der Waals surface area contributed by atoms with E-state index >= 15 is 0 Å². The Morgan fingerprint density at radius 1 is 1.53 bits per heavy atom. The van der Waals surface area contributed by atoms with E-state index in [1.807, 2.05) is 27.7 Å². The highest BCUT2D eigenvalue weighted by molar-refractivity contribution is 5.69. The van der Waals surface area contributed by atoms with Gasteiger partial charge >= 0.3 is 6.09 Å². The van der Waals surface area contributed by atoms with Crippen LogP contribution in [0.5, 0.6) is 0 Å². The minimum absolute atomic E-state index is 0.0689. The van der Waals surface area contributed by atoms with Crippen molar-refractivity contribution in [2.24, 2.45) is 5.73 Å². The van der Waals surface area contributed by atoms with E-state index in [2.05, 4.69) is 9.97 Å². The molecule has 106 valence electrons. The summed E-state index contributed by atoms with van der Waals surface area (Å²) in [6.45, 7) is 8.58. The molecule has 0 bridgehead atoms. The zero-order chi connectivity index (χ0) is 14.2. The van der Waals surface area contributed by atoms with Crippen LogP contribution in [0.25, 0.3) is 0 Å². The van der Waals surface area contributed by atoms with Crippen LogP contribution in [0.15, 0.2) is 0 Å². The molecule has 19 heavy (non-hydrogen) atoms. The molecule has 3 N–H and O–H groups in total. The number of nitrogens with one attached hydrogen (secondary N) is 1. The lowest BCUT2D eigenvalue weighted by atomic mass is 10.2. The monoisotopic (exact) mass is 266 g/mol. The zero-order valence-electron chi connectivity index (χ0n) is 12.0. The summed E-state index contributed by atoms with van der Waals surface area (Å²) in [5, 5.41) is 0. The average molecular weight is 266 g/mol. The van der Waals surface area contributed by atoms with E-state index in [0.29, 0.717) is 13.1 Å². The summed E-state index contributed by atoms with van der Waals surface area (Å²) in [6.07, 6.45) is 0.530. The van der Waals surface area contributed by atoms with E-state index in [0.717, 1.165) is 23.6 Å². The molecular weight excluding hydrogens is 244 g/mol. The number of hydrogen-bond donors (Lipinski definition) is 2. The molecule has 0 saturated heterocycles. The number of nitrogens with two attached hydrogens (primary N) is 1. The molecule has 1 unspecified atom stereocenters. The number of aromatic amines is 1. The largest absolute Gasteiger partial charge is 0.444 e. The van der Waals surface area contributed by atoms with Crippen molar-refractivity contribution in [2.45, 2.75) is 58.8 Å². The summed E-state index contributed by atoms with van der Waals surface area (Å²) in [5.74, 6) is 0.802. The van der Waals surface area contributed by atoms with Crippen LogP contribution in [0.3, 0.4) is 0 Å². The molecule has 1 aliphatic rings. The number of rotatable bonds is 2. The zero-order valence-corrected chi connectivity index (χ0v) is 12.0. The van der Waals surface area contributed by atoms with Gasteiger partial charge in [-0.05, 0) is 27.2 Å². The maximum atomic E-state index is 11.9. The number of H-pyrrole nitrogens is 1. The van der Waals surface area contributed by atoms with Gasteiger partial charge in [0.2, 0.25) is 0 Å². The van der Waals surface area contributed by atoms with Crippen LogP contribution in [0.4, 0.5) is 4.79 Å². The van der Waals surface area contributed by atoms with Crippen molar-refractivity contribution in [3.63, 3.8) is 0 Å². The Morgan fingerprint density at radius 3 is 2.74 bits per heavy atom. The highest BCUT2D eigenvalue weighted by Crippen LogP contribution is 2.24. The van der Waals surface area contributed by atoms with Gasteiger partial charge in [0.05, 0.1) is 30.5 Å². The summed E-state index contributed by atoms with van der Waals surface area (Å²) in [5.41, 5.74) is 7.31. The predicted octanol–water partition coefficient (Wildman–Crippen LogP) is 2.07. The van der Waals surface area contributed by atoms with Crippen molar-refractivity contribution >= 4 is 6.09 Å². The number of aromatic nitrogens is 2. The molecule has 6 nitrogen and oxygen atoms in total. The first-order chi connectivity index (χ1) is 8.80. The van der Waals surface area contributed by atoms with Crippen LogP contribution in [-0.2, 0) is 17.8 Å². The standard InChI is InChI=1S/C13H22N4O2/c1-5-8(14)11-15-9-6-17(7-10(9)16-11)12(18)19-13(2,3)4/h8H,5-7,14H2,1-4H3,(H,15,16). The highest BCUT2D eigenvalue weighted by Gasteiger charge is 2.30. The van der Waals surface area contributed by atoms with Crippen molar-refractivity contribution in [1.82, 2.24) is 14.9 Å². The van der Waals surface area contributed by atoms with Gasteiger partial charge < -0.3 is 15.5 Å². The lowest BCUT2D eigenvalue weighted by Gasteiger charge is -2.24. The van der Waals surface area contributed by atoms with Gasteiger partial charge in [0, 0.05) is 0 Å². The van der Waals surface area contributed by atoms with Gasteiger partial charge in [0.25, 0.3) is 0 Å². The van der Waals surface area contributed by atoms with E-state index in [1.165, 1.54) is 0 Å². The molecule has 1 amide bonds. The van der Waals surface area contributed by atoms with Gasteiger partial charge in [-0.1, -0.05) is 6.92 Å². The van der Waals surface area contributed by atoms with E-state index in [1.54, 1.807) is 4.90 Å². The van der Waals surface area contributed by atoms with Crippen molar-refractivity contribution in [2.75, 3.05) is 0 Å². The number of carbonyl (C=O) groups excluding carboxylic acids is 1. The average Bonchev–Trinajstić information content (AvgIpc) is 2.82. The van der Waals surface area contributed by atoms with Crippen molar-refractivity contribution in [3.8, 4) is 0 Å². The first-order valence-electron chi connectivity index (χ1n) is 6.61. The number of hydrogen-bond acceptors (Lipinski definition) is 4. The molecule has 0 spiro atoms. The van der Waals surface area contributed by atoms with Gasteiger partial charge in [-0.25, -0.2) is 9.78 Å². The van der Waals surface area contributed by atoms with E-state index in [4.69, 9.17) is 10.5 Å². The van der Waals surface area contributed by atoms with Crippen LogP contribution < -0.4 is 5.73 Å². The second kappa shape index (κ2) is 4.85. The molecule has 6 heteroatoms. The third-order valence-electron chi connectivity index (χ3n) is 3.02. The smallest absolute Gasteiger partial charge is 0.410 e. The Hall–Kier alpha value is -1.56. The summed E-state index contributed by atoms with van der Waals surface area (Å²) < 4.78 is 5.34. The molecule has 2 heterocycles. The van der Waals surface area contributed by atoms with E-state index < -0.39 is 5.60 Å². The van der Waals surface area contributed by atoms with Gasteiger partial charge in [-0.3, -0.25) is 4.90 Å². The second-order valence-electron chi connectivity index (χ2n) is 5.90. The molecule has 0 fully saturated rings. The Morgan fingerprint density at radius 2 is 2.21 bits per heavy atom. The highest BCUT2D eigenvalue weighted by atomic mass is 16.6. The molecule has 1 aromatic heterocycles. The molecule has 2 rings (SSSR count). The molecule has 0 aliphatic carbocycles.